The molecule has 0 fully saturated rings. The van der Waals surface area contributed by atoms with Crippen molar-refractivity contribution in [2.75, 3.05) is 13.2 Å². The Hall–Kier alpha value is -0.740. The van der Waals surface area contributed by atoms with Crippen molar-refractivity contribution in [1.82, 2.24) is 0 Å². The van der Waals surface area contributed by atoms with E-state index in [4.69, 9.17) is 10.5 Å². The molecular weight excluding hydrogens is 182 g/mol. The molecule has 0 N–H and O–H groups in total. The summed E-state index contributed by atoms with van der Waals surface area (Å²) in [5.41, 5.74) is 0. The van der Waals surface area contributed by atoms with E-state index in [-0.39, 0.29) is 26.1 Å². The van der Waals surface area contributed by atoms with Gasteiger partial charge in [-0.3, -0.25) is 0 Å². The van der Waals surface area contributed by atoms with Crippen LogP contribution in [0.3, 0.4) is 0 Å². The molecule has 0 aromatic heterocycles. The minimum Gasteiger partial charge on any atom is -0.308 e. The van der Waals surface area contributed by atoms with Gasteiger partial charge >= 0.3 is 8.69 Å². The third-order valence-electron chi connectivity index (χ3n) is 0.813. The lowest BCUT2D eigenvalue weighted by atomic mass is 10.5. The van der Waals surface area contributed by atoms with E-state index in [2.05, 4.69) is 9.05 Å². The average Bonchev–Trinajstić information content (AvgIpc) is 2.06. The molecule has 0 atom stereocenters. The molecular formula is C6H8FN2O2P. The summed E-state index contributed by atoms with van der Waals surface area (Å²) in [5.74, 6) is 0. The van der Waals surface area contributed by atoms with E-state index in [1.807, 2.05) is 0 Å². The number of halogens is 1. The van der Waals surface area contributed by atoms with Crippen LogP contribution >= 0.6 is 8.69 Å². The molecule has 6 heteroatoms. The van der Waals surface area contributed by atoms with Gasteiger partial charge < -0.3 is 9.05 Å². The number of nitriles is 2. The van der Waals surface area contributed by atoms with Gasteiger partial charge in [0.2, 0.25) is 0 Å². The van der Waals surface area contributed by atoms with Crippen LogP contribution in [0.2, 0.25) is 0 Å². The molecule has 0 aromatic carbocycles. The fourth-order valence-corrected chi connectivity index (χ4v) is 0.908. The van der Waals surface area contributed by atoms with Gasteiger partial charge in [0, 0.05) is 0 Å². The van der Waals surface area contributed by atoms with Crippen molar-refractivity contribution in [3.8, 4) is 12.1 Å². The van der Waals surface area contributed by atoms with Crippen molar-refractivity contribution in [3.05, 3.63) is 0 Å². The molecule has 0 saturated carbocycles. The van der Waals surface area contributed by atoms with Gasteiger partial charge in [-0.25, -0.2) is 0 Å². The van der Waals surface area contributed by atoms with Crippen molar-refractivity contribution in [1.29, 1.82) is 10.5 Å². The molecule has 0 bridgehead atoms. The highest BCUT2D eigenvalue weighted by Gasteiger charge is 2.07. The SMILES string of the molecule is N#CCCOP(F)OCCC#N. The summed E-state index contributed by atoms with van der Waals surface area (Å²) in [6.45, 7) is 0.0660. The first-order valence-electron chi connectivity index (χ1n) is 3.27. The fourth-order valence-electron chi connectivity index (χ4n) is 0.363. The highest BCUT2D eigenvalue weighted by molar-refractivity contribution is 7.41. The van der Waals surface area contributed by atoms with Crippen LogP contribution in [-0.2, 0) is 9.05 Å². The largest absolute Gasteiger partial charge is 0.374 e. The van der Waals surface area contributed by atoms with E-state index < -0.39 is 8.69 Å². The molecule has 0 aliphatic heterocycles. The maximum absolute atomic E-state index is 12.5. The zero-order valence-corrected chi connectivity index (χ0v) is 7.26. The first kappa shape index (κ1) is 11.3. The topological polar surface area (TPSA) is 66.0 Å². The van der Waals surface area contributed by atoms with Crippen LogP contribution in [0.4, 0.5) is 4.20 Å². The molecule has 0 rings (SSSR count). The van der Waals surface area contributed by atoms with E-state index in [9.17, 15) is 4.20 Å². The standard InChI is InChI=1S/C6H8FN2O2P/c7-12(10-5-1-3-8)11-6-2-4-9/h1-2,5-6H2. The maximum Gasteiger partial charge on any atom is 0.374 e. The molecule has 0 aromatic rings. The van der Waals surface area contributed by atoms with Gasteiger partial charge in [-0.05, 0) is 0 Å². The molecule has 12 heavy (non-hydrogen) atoms. The van der Waals surface area contributed by atoms with E-state index in [0.717, 1.165) is 0 Å². The number of hydrogen-bond acceptors (Lipinski definition) is 4. The zero-order valence-electron chi connectivity index (χ0n) is 6.36. The summed E-state index contributed by atoms with van der Waals surface area (Å²) in [7, 11) is -2.41. The Morgan fingerprint density at radius 2 is 1.50 bits per heavy atom. The van der Waals surface area contributed by atoms with Crippen molar-refractivity contribution < 1.29 is 13.2 Å². The maximum atomic E-state index is 12.5. The number of hydrogen-bond donors (Lipinski definition) is 0. The van der Waals surface area contributed by atoms with Crippen LogP contribution in [-0.4, -0.2) is 13.2 Å². The lowest BCUT2D eigenvalue weighted by Gasteiger charge is -2.04. The second-order valence-electron chi connectivity index (χ2n) is 1.70. The van der Waals surface area contributed by atoms with E-state index >= 15 is 0 Å². The molecule has 0 aliphatic rings. The first-order chi connectivity index (χ1) is 5.81. The molecule has 0 heterocycles. The minimum atomic E-state index is -2.41. The Morgan fingerprint density at radius 1 is 1.08 bits per heavy atom. The Labute approximate surface area is 71.5 Å². The van der Waals surface area contributed by atoms with Crippen molar-refractivity contribution in [2.24, 2.45) is 0 Å². The van der Waals surface area contributed by atoms with Crippen LogP contribution in [0.25, 0.3) is 0 Å². The second kappa shape index (κ2) is 8.36. The van der Waals surface area contributed by atoms with E-state index in [0.29, 0.717) is 0 Å². The Balaban J connectivity index is 3.18. The van der Waals surface area contributed by atoms with Gasteiger partial charge in [-0.15, -0.1) is 0 Å². The Bertz CT molecular complexity index is 169. The molecule has 0 aliphatic carbocycles. The second-order valence-corrected chi connectivity index (χ2v) is 2.64. The van der Waals surface area contributed by atoms with Gasteiger partial charge in [-0.2, -0.15) is 14.7 Å². The lowest BCUT2D eigenvalue weighted by molar-refractivity contribution is 0.231. The van der Waals surface area contributed by atoms with E-state index in [1.165, 1.54) is 0 Å². The summed E-state index contributed by atoms with van der Waals surface area (Å²) in [4.78, 5) is 0. The normalized spacial score (nSPS) is 9.33. The Morgan fingerprint density at radius 3 is 1.83 bits per heavy atom. The number of nitrogens with zero attached hydrogens (tertiary/aromatic N) is 2. The highest BCUT2D eigenvalue weighted by atomic mass is 31.2. The lowest BCUT2D eigenvalue weighted by Crippen LogP contribution is -1.90. The molecule has 66 valence electrons. The fraction of sp³-hybridized carbons (Fsp3) is 0.667. The van der Waals surface area contributed by atoms with Crippen molar-refractivity contribution >= 4 is 8.69 Å². The zero-order chi connectivity index (χ0) is 9.23. The van der Waals surface area contributed by atoms with Gasteiger partial charge in [0.25, 0.3) is 0 Å². The van der Waals surface area contributed by atoms with Crippen LogP contribution in [0, 0.1) is 22.7 Å². The summed E-state index contributed by atoms with van der Waals surface area (Å²) >= 11 is 0. The van der Waals surface area contributed by atoms with Gasteiger partial charge in [0.15, 0.2) is 0 Å². The van der Waals surface area contributed by atoms with Crippen LogP contribution in [0.1, 0.15) is 12.8 Å². The first-order valence-corrected chi connectivity index (χ1v) is 4.33. The molecule has 0 radical (unpaired) electrons. The quantitative estimate of drug-likeness (QED) is 0.474. The van der Waals surface area contributed by atoms with Crippen LogP contribution < -0.4 is 0 Å². The third-order valence-corrected chi connectivity index (χ3v) is 1.58. The van der Waals surface area contributed by atoms with Gasteiger partial charge in [0.05, 0.1) is 38.2 Å². The van der Waals surface area contributed by atoms with Gasteiger partial charge in [-0.1, -0.05) is 0 Å². The van der Waals surface area contributed by atoms with Crippen molar-refractivity contribution in [2.45, 2.75) is 12.8 Å². The molecule has 0 unspecified atom stereocenters. The molecule has 0 saturated heterocycles. The van der Waals surface area contributed by atoms with Crippen molar-refractivity contribution in [3.63, 3.8) is 0 Å². The summed E-state index contributed by atoms with van der Waals surface area (Å²) in [5, 5.41) is 16.1. The van der Waals surface area contributed by atoms with E-state index in [1.54, 1.807) is 12.1 Å². The monoisotopic (exact) mass is 190 g/mol. The predicted molar refractivity (Wildman–Crippen MR) is 40.4 cm³/mol. The van der Waals surface area contributed by atoms with Gasteiger partial charge in [0.1, 0.15) is 0 Å². The average molecular weight is 190 g/mol. The predicted octanol–water partition coefficient (Wildman–Crippen LogP) is 2.04. The number of rotatable bonds is 6. The van der Waals surface area contributed by atoms with Crippen LogP contribution in [0.15, 0.2) is 0 Å². The highest BCUT2D eigenvalue weighted by Crippen LogP contribution is 2.39. The Kier molecular flexibility index (Phi) is 7.84. The summed E-state index contributed by atoms with van der Waals surface area (Å²) in [6.07, 6.45) is 0.286. The smallest absolute Gasteiger partial charge is 0.308 e. The molecule has 0 amide bonds. The summed E-state index contributed by atoms with van der Waals surface area (Å²) < 4.78 is 21.4. The minimum absolute atomic E-state index is 0.0330. The summed E-state index contributed by atoms with van der Waals surface area (Å²) in [6, 6.07) is 3.60. The molecule has 0 spiro atoms. The molecule has 4 nitrogen and oxygen atoms in total. The third kappa shape index (κ3) is 7.37. The van der Waals surface area contributed by atoms with Crippen LogP contribution in [0.5, 0.6) is 0 Å².